The van der Waals surface area contributed by atoms with E-state index in [4.69, 9.17) is 16.7 Å². The van der Waals surface area contributed by atoms with Crippen molar-refractivity contribution in [1.82, 2.24) is 5.32 Å². The molecule has 2 atom stereocenters. The third-order valence-corrected chi connectivity index (χ3v) is 2.84. The molecule has 0 aliphatic heterocycles. The number of hydrogen-bond donors (Lipinski definition) is 3. The molecule has 0 saturated heterocycles. The molecule has 4 nitrogen and oxygen atoms in total. The minimum absolute atomic E-state index is 0.0217. The maximum Gasteiger partial charge on any atom is 0.336 e. The molecule has 17 heavy (non-hydrogen) atoms. The number of halogens is 1. The lowest BCUT2D eigenvalue weighted by Crippen LogP contribution is -2.45. The first-order valence-electron chi connectivity index (χ1n) is 5.27. The molecular formula is C12H16ClNO3. The second-order valence-corrected chi connectivity index (χ2v) is 4.67. The van der Waals surface area contributed by atoms with Gasteiger partial charge in [0.1, 0.15) is 0 Å². The van der Waals surface area contributed by atoms with Gasteiger partial charge in [0, 0.05) is 17.6 Å². The Morgan fingerprint density at radius 2 is 2.00 bits per heavy atom. The van der Waals surface area contributed by atoms with Gasteiger partial charge in [0.2, 0.25) is 0 Å². The average molecular weight is 258 g/mol. The number of aliphatic carboxylic acids is 1. The van der Waals surface area contributed by atoms with Crippen LogP contribution in [-0.4, -0.2) is 28.3 Å². The summed E-state index contributed by atoms with van der Waals surface area (Å²) in [4.78, 5) is 10.7. The first-order valence-corrected chi connectivity index (χ1v) is 5.65. The van der Waals surface area contributed by atoms with Crippen molar-refractivity contribution in [3.8, 4) is 0 Å². The number of benzene rings is 1. The summed E-state index contributed by atoms with van der Waals surface area (Å²) in [6.45, 7) is 3.13. The Labute approximate surface area is 105 Å². The molecule has 0 aliphatic carbocycles. The van der Waals surface area contributed by atoms with Crippen LogP contribution >= 0.6 is 11.6 Å². The maximum absolute atomic E-state index is 10.7. The van der Waals surface area contributed by atoms with Crippen LogP contribution in [0.25, 0.3) is 0 Å². The predicted molar refractivity (Wildman–Crippen MR) is 66.1 cm³/mol. The summed E-state index contributed by atoms with van der Waals surface area (Å²) >= 11 is 5.77. The van der Waals surface area contributed by atoms with E-state index >= 15 is 0 Å². The Morgan fingerprint density at radius 1 is 1.47 bits per heavy atom. The van der Waals surface area contributed by atoms with Gasteiger partial charge < -0.3 is 15.5 Å². The fourth-order valence-corrected chi connectivity index (χ4v) is 1.42. The molecule has 3 N–H and O–H groups in total. The van der Waals surface area contributed by atoms with Crippen molar-refractivity contribution in [2.24, 2.45) is 0 Å². The van der Waals surface area contributed by atoms with Crippen LogP contribution in [0.5, 0.6) is 0 Å². The van der Waals surface area contributed by atoms with Crippen molar-refractivity contribution in [3.05, 3.63) is 34.9 Å². The Kier molecular flexibility index (Phi) is 4.51. The Hall–Kier alpha value is -1.10. The Bertz CT molecular complexity index is 389. The molecule has 0 aliphatic rings. The van der Waals surface area contributed by atoms with Crippen LogP contribution in [0.2, 0.25) is 5.02 Å². The molecule has 0 aromatic heterocycles. The molecule has 0 fully saturated rings. The first kappa shape index (κ1) is 14.0. The van der Waals surface area contributed by atoms with Crippen LogP contribution < -0.4 is 5.32 Å². The average Bonchev–Trinajstić information content (AvgIpc) is 2.27. The van der Waals surface area contributed by atoms with E-state index in [1.807, 2.05) is 19.1 Å². The first-order chi connectivity index (χ1) is 7.83. The number of nitrogens with one attached hydrogen (secondary N) is 1. The zero-order valence-corrected chi connectivity index (χ0v) is 10.5. The Morgan fingerprint density at radius 3 is 2.47 bits per heavy atom. The van der Waals surface area contributed by atoms with Crippen LogP contribution in [0, 0.1) is 0 Å². The topological polar surface area (TPSA) is 69.6 Å². The number of aliphatic hydroxyl groups is 1. The lowest BCUT2D eigenvalue weighted by Gasteiger charge is -2.22. The lowest BCUT2D eigenvalue weighted by molar-refractivity contribution is -0.156. The number of carboxylic acids is 1. The van der Waals surface area contributed by atoms with Gasteiger partial charge >= 0.3 is 5.97 Å². The SMILES string of the molecule is CC(NCC(C)(O)C(=O)O)c1ccc(Cl)cc1. The summed E-state index contributed by atoms with van der Waals surface area (Å²) in [5, 5.41) is 21.9. The Balaban J connectivity index is 2.58. The smallest absolute Gasteiger partial charge is 0.336 e. The number of rotatable bonds is 5. The predicted octanol–water partition coefficient (Wildman–Crippen LogP) is 1.83. The molecule has 94 valence electrons. The second kappa shape index (κ2) is 5.49. The second-order valence-electron chi connectivity index (χ2n) is 4.23. The molecular weight excluding hydrogens is 242 g/mol. The van der Waals surface area contributed by atoms with Crippen LogP contribution in [0.1, 0.15) is 25.5 Å². The summed E-state index contributed by atoms with van der Waals surface area (Å²) in [5.74, 6) is -1.24. The van der Waals surface area contributed by atoms with Crippen LogP contribution in [0.15, 0.2) is 24.3 Å². The van der Waals surface area contributed by atoms with Gasteiger partial charge in [0.25, 0.3) is 0 Å². The highest BCUT2D eigenvalue weighted by Crippen LogP contribution is 2.16. The van der Waals surface area contributed by atoms with Crippen molar-refractivity contribution in [1.29, 1.82) is 0 Å². The van der Waals surface area contributed by atoms with Gasteiger partial charge in [-0.1, -0.05) is 23.7 Å². The number of carbonyl (C=O) groups is 1. The number of hydrogen-bond acceptors (Lipinski definition) is 3. The normalized spacial score (nSPS) is 16.2. The highest BCUT2D eigenvalue weighted by Gasteiger charge is 2.29. The fourth-order valence-electron chi connectivity index (χ4n) is 1.30. The maximum atomic E-state index is 10.7. The van der Waals surface area contributed by atoms with E-state index in [1.54, 1.807) is 12.1 Å². The molecule has 1 aromatic carbocycles. The molecule has 2 unspecified atom stereocenters. The van der Waals surface area contributed by atoms with Gasteiger partial charge in [0.05, 0.1) is 0 Å². The minimum Gasteiger partial charge on any atom is -0.479 e. The van der Waals surface area contributed by atoms with E-state index < -0.39 is 11.6 Å². The summed E-state index contributed by atoms with van der Waals surface area (Å²) in [5.41, 5.74) is -0.781. The van der Waals surface area contributed by atoms with Crippen LogP contribution in [0.3, 0.4) is 0 Å². The van der Waals surface area contributed by atoms with Gasteiger partial charge in [-0.05, 0) is 31.5 Å². The summed E-state index contributed by atoms with van der Waals surface area (Å²) in [6.07, 6.45) is 0. The quantitative estimate of drug-likeness (QED) is 0.753. The van der Waals surface area contributed by atoms with E-state index in [0.717, 1.165) is 5.56 Å². The molecule has 5 heteroatoms. The molecule has 0 saturated carbocycles. The zero-order chi connectivity index (χ0) is 13.1. The van der Waals surface area contributed by atoms with E-state index in [1.165, 1.54) is 6.92 Å². The third-order valence-electron chi connectivity index (χ3n) is 2.58. The third kappa shape index (κ3) is 4.00. The monoisotopic (exact) mass is 257 g/mol. The zero-order valence-electron chi connectivity index (χ0n) is 9.77. The molecule has 0 bridgehead atoms. The number of carboxylic acid groups (broad SMARTS) is 1. The van der Waals surface area contributed by atoms with Gasteiger partial charge in [-0.15, -0.1) is 0 Å². The van der Waals surface area contributed by atoms with Gasteiger partial charge in [0.15, 0.2) is 5.60 Å². The molecule has 1 aromatic rings. The van der Waals surface area contributed by atoms with Gasteiger partial charge in [-0.2, -0.15) is 0 Å². The van der Waals surface area contributed by atoms with Gasteiger partial charge in [-0.3, -0.25) is 0 Å². The summed E-state index contributed by atoms with van der Waals surface area (Å²) < 4.78 is 0. The highest BCUT2D eigenvalue weighted by molar-refractivity contribution is 6.30. The molecule has 0 heterocycles. The van der Waals surface area contributed by atoms with Crippen molar-refractivity contribution in [2.75, 3.05) is 6.54 Å². The van der Waals surface area contributed by atoms with Crippen LogP contribution in [0.4, 0.5) is 0 Å². The van der Waals surface area contributed by atoms with E-state index in [-0.39, 0.29) is 12.6 Å². The van der Waals surface area contributed by atoms with E-state index in [0.29, 0.717) is 5.02 Å². The lowest BCUT2D eigenvalue weighted by atomic mass is 10.1. The van der Waals surface area contributed by atoms with Crippen LogP contribution in [-0.2, 0) is 4.79 Å². The summed E-state index contributed by atoms with van der Waals surface area (Å²) in [7, 11) is 0. The standard InChI is InChI=1S/C12H16ClNO3/c1-8(9-3-5-10(13)6-4-9)14-7-12(2,17)11(15)16/h3-6,8,14,17H,7H2,1-2H3,(H,15,16). The van der Waals surface area contributed by atoms with Crippen molar-refractivity contribution in [2.45, 2.75) is 25.5 Å². The summed E-state index contributed by atoms with van der Waals surface area (Å²) in [6, 6.07) is 7.19. The van der Waals surface area contributed by atoms with Crippen molar-refractivity contribution >= 4 is 17.6 Å². The highest BCUT2D eigenvalue weighted by atomic mass is 35.5. The minimum atomic E-state index is -1.76. The van der Waals surface area contributed by atoms with Crippen molar-refractivity contribution < 1.29 is 15.0 Å². The molecule has 0 spiro atoms. The largest absolute Gasteiger partial charge is 0.479 e. The van der Waals surface area contributed by atoms with Crippen molar-refractivity contribution in [3.63, 3.8) is 0 Å². The molecule has 0 radical (unpaired) electrons. The van der Waals surface area contributed by atoms with E-state index in [9.17, 15) is 9.90 Å². The molecule has 1 rings (SSSR count). The van der Waals surface area contributed by atoms with Gasteiger partial charge in [-0.25, -0.2) is 4.79 Å². The van der Waals surface area contributed by atoms with E-state index in [2.05, 4.69) is 5.32 Å². The fraction of sp³-hybridized carbons (Fsp3) is 0.417. The molecule has 0 amide bonds.